The highest BCUT2D eigenvalue weighted by Crippen LogP contribution is 2.29. The second kappa shape index (κ2) is 8.41. The number of aromatic nitrogens is 3. The third-order valence-corrected chi connectivity index (χ3v) is 5.20. The summed E-state index contributed by atoms with van der Waals surface area (Å²) in [5.41, 5.74) is 2.10. The Kier molecular flexibility index (Phi) is 5.69. The Hall–Kier alpha value is -2.97. The fraction of sp³-hybridized carbons (Fsp3) is 0.250. The first-order valence-electron chi connectivity index (χ1n) is 9.34. The zero-order valence-electron chi connectivity index (χ0n) is 16.4. The third kappa shape index (κ3) is 4.15. The Bertz CT molecular complexity index is 1240. The quantitative estimate of drug-likeness (QED) is 0.579. The van der Waals surface area contributed by atoms with Gasteiger partial charge >= 0.3 is 0 Å². The van der Waals surface area contributed by atoms with Crippen molar-refractivity contribution in [2.45, 2.75) is 19.4 Å². The van der Waals surface area contributed by atoms with Gasteiger partial charge < -0.3 is 15.2 Å². The molecule has 154 valence electrons. The van der Waals surface area contributed by atoms with Crippen molar-refractivity contribution in [2.24, 2.45) is 17.0 Å². The van der Waals surface area contributed by atoms with E-state index < -0.39 is 0 Å². The van der Waals surface area contributed by atoms with Gasteiger partial charge in [-0.2, -0.15) is 4.98 Å². The summed E-state index contributed by atoms with van der Waals surface area (Å²) < 4.78 is 1.60. The Morgan fingerprint density at radius 3 is 2.83 bits per heavy atom. The number of benzene rings is 1. The van der Waals surface area contributed by atoms with Gasteiger partial charge in [-0.05, 0) is 36.7 Å². The van der Waals surface area contributed by atoms with Gasteiger partial charge in [0.05, 0.1) is 17.8 Å². The van der Waals surface area contributed by atoms with Gasteiger partial charge in [-0.15, -0.1) is 0 Å². The van der Waals surface area contributed by atoms with Crippen LogP contribution in [0.25, 0.3) is 10.9 Å². The number of nitrogens with zero attached hydrogens (tertiary/aromatic N) is 5. The smallest absolute Gasteiger partial charge is 0.252 e. The van der Waals surface area contributed by atoms with E-state index in [2.05, 4.69) is 30.6 Å². The molecule has 10 heteroatoms. The van der Waals surface area contributed by atoms with Crippen LogP contribution in [-0.2, 0) is 7.05 Å². The van der Waals surface area contributed by atoms with E-state index in [1.54, 1.807) is 17.7 Å². The van der Waals surface area contributed by atoms with Crippen LogP contribution in [0.15, 0.2) is 45.2 Å². The average molecular weight is 444 g/mol. The number of aryl methyl sites for hydroxylation is 1. The molecule has 4 rings (SSSR count). The highest BCUT2D eigenvalue weighted by molar-refractivity contribution is 6.33. The van der Waals surface area contributed by atoms with Crippen LogP contribution in [-0.4, -0.2) is 39.2 Å². The van der Waals surface area contributed by atoms with E-state index in [0.717, 1.165) is 29.6 Å². The summed E-state index contributed by atoms with van der Waals surface area (Å²) >= 11 is 12.0. The van der Waals surface area contributed by atoms with Gasteiger partial charge in [0.2, 0.25) is 5.28 Å². The van der Waals surface area contributed by atoms with Crippen molar-refractivity contribution >= 4 is 63.3 Å². The maximum Gasteiger partial charge on any atom is 0.252 e. The summed E-state index contributed by atoms with van der Waals surface area (Å²) in [4.78, 5) is 29.3. The fourth-order valence-electron chi connectivity index (χ4n) is 3.21. The molecule has 1 aromatic carbocycles. The monoisotopic (exact) mass is 443 g/mol. The Morgan fingerprint density at radius 1 is 1.23 bits per heavy atom. The SMILES string of the molecule is CC(Nc1cc(=O)n(C)c2ccc(Nc3nc(Cl)ncc3Cl)cc12)C1=NCCC=N1. The molecule has 0 saturated heterocycles. The molecule has 0 saturated carbocycles. The lowest BCUT2D eigenvalue weighted by Crippen LogP contribution is -2.28. The molecule has 0 aliphatic carbocycles. The second-order valence-electron chi connectivity index (χ2n) is 6.85. The topological polar surface area (TPSA) is 96.6 Å². The number of nitrogens with one attached hydrogen (secondary N) is 2. The van der Waals surface area contributed by atoms with Gasteiger partial charge in [0.25, 0.3) is 5.56 Å². The molecule has 3 aromatic rings. The molecule has 1 aliphatic heterocycles. The maximum absolute atomic E-state index is 12.5. The van der Waals surface area contributed by atoms with Crippen LogP contribution in [0.1, 0.15) is 13.3 Å². The molecule has 1 atom stereocenters. The molecule has 0 spiro atoms. The van der Waals surface area contributed by atoms with Crippen LogP contribution < -0.4 is 16.2 Å². The van der Waals surface area contributed by atoms with Crippen molar-refractivity contribution in [3.8, 4) is 0 Å². The predicted molar refractivity (Wildman–Crippen MR) is 123 cm³/mol. The number of rotatable bonds is 5. The normalized spacial score (nSPS) is 14.5. The number of amidine groups is 1. The Labute approximate surface area is 182 Å². The van der Waals surface area contributed by atoms with E-state index in [9.17, 15) is 4.79 Å². The summed E-state index contributed by atoms with van der Waals surface area (Å²) in [5.74, 6) is 1.11. The first-order chi connectivity index (χ1) is 14.4. The molecule has 0 fully saturated rings. The molecule has 3 heterocycles. The fourth-order valence-corrected chi connectivity index (χ4v) is 3.48. The lowest BCUT2D eigenvalue weighted by Gasteiger charge is -2.19. The third-order valence-electron chi connectivity index (χ3n) is 4.74. The van der Waals surface area contributed by atoms with E-state index in [1.165, 1.54) is 6.20 Å². The van der Waals surface area contributed by atoms with E-state index in [4.69, 9.17) is 23.2 Å². The number of hydrogen-bond acceptors (Lipinski definition) is 7. The number of aliphatic imine (C=N–C) groups is 2. The molecular weight excluding hydrogens is 425 g/mol. The molecule has 0 bridgehead atoms. The molecule has 8 nitrogen and oxygen atoms in total. The van der Waals surface area contributed by atoms with Crippen LogP contribution in [0.3, 0.4) is 0 Å². The lowest BCUT2D eigenvalue weighted by molar-refractivity contribution is 0.903. The van der Waals surface area contributed by atoms with Crippen LogP contribution in [0.2, 0.25) is 10.3 Å². The van der Waals surface area contributed by atoms with Gasteiger partial charge in [0.1, 0.15) is 10.9 Å². The molecule has 1 aliphatic rings. The summed E-state index contributed by atoms with van der Waals surface area (Å²) in [6.45, 7) is 2.69. The second-order valence-corrected chi connectivity index (χ2v) is 7.60. The van der Waals surface area contributed by atoms with Crippen LogP contribution in [0, 0.1) is 0 Å². The van der Waals surface area contributed by atoms with Crippen molar-refractivity contribution < 1.29 is 0 Å². The zero-order valence-corrected chi connectivity index (χ0v) is 17.9. The number of halogens is 2. The molecule has 0 amide bonds. The zero-order chi connectivity index (χ0) is 21.3. The van der Waals surface area contributed by atoms with Gasteiger partial charge in [0.15, 0.2) is 5.82 Å². The summed E-state index contributed by atoms with van der Waals surface area (Å²) in [6, 6.07) is 7.05. The molecule has 30 heavy (non-hydrogen) atoms. The molecule has 2 aromatic heterocycles. The standard InChI is InChI=1S/C20H19Cl2N7O/c1-11(18-23-6-3-7-24-18)26-15-9-17(30)29(2)16-5-4-12(8-13(15)16)27-19-14(21)10-25-20(22)28-19/h4-6,8-11,26H,3,7H2,1-2H3,(H,25,27,28). The number of hydrogen-bond donors (Lipinski definition) is 2. The molecule has 2 N–H and O–H groups in total. The van der Waals surface area contributed by atoms with Crippen molar-refractivity contribution in [2.75, 3.05) is 17.2 Å². The van der Waals surface area contributed by atoms with E-state index in [0.29, 0.717) is 22.4 Å². The van der Waals surface area contributed by atoms with Crippen molar-refractivity contribution in [3.63, 3.8) is 0 Å². The Morgan fingerprint density at radius 2 is 2.07 bits per heavy atom. The predicted octanol–water partition coefficient (Wildman–Crippen LogP) is 4.05. The number of pyridine rings is 1. The molecule has 0 radical (unpaired) electrons. The minimum absolute atomic E-state index is 0.0927. The largest absolute Gasteiger partial charge is 0.375 e. The van der Waals surface area contributed by atoms with Crippen LogP contribution >= 0.6 is 23.2 Å². The minimum Gasteiger partial charge on any atom is -0.375 e. The highest BCUT2D eigenvalue weighted by Gasteiger charge is 2.15. The van der Waals surface area contributed by atoms with Crippen molar-refractivity contribution in [3.05, 3.63) is 51.1 Å². The molecular formula is C20H19Cl2N7O. The van der Waals surface area contributed by atoms with Crippen LogP contribution in [0.4, 0.5) is 17.2 Å². The van der Waals surface area contributed by atoms with Gasteiger partial charge in [0, 0.05) is 49.1 Å². The average Bonchev–Trinajstić information content (AvgIpc) is 2.75. The van der Waals surface area contributed by atoms with Crippen molar-refractivity contribution in [1.82, 2.24) is 14.5 Å². The maximum atomic E-state index is 12.5. The lowest BCUT2D eigenvalue weighted by atomic mass is 10.1. The number of fused-ring (bicyclic) bond motifs is 1. The first kappa shape index (κ1) is 20.3. The van der Waals surface area contributed by atoms with E-state index in [-0.39, 0.29) is 16.9 Å². The minimum atomic E-state index is -0.149. The summed E-state index contributed by atoms with van der Waals surface area (Å²) in [7, 11) is 1.74. The van der Waals surface area contributed by atoms with Gasteiger partial charge in [-0.1, -0.05) is 11.6 Å². The van der Waals surface area contributed by atoms with Gasteiger partial charge in [-0.3, -0.25) is 9.79 Å². The first-order valence-corrected chi connectivity index (χ1v) is 10.1. The molecule has 1 unspecified atom stereocenters. The van der Waals surface area contributed by atoms with Crippen LogP contribution in [0.5, 0.6) is 0 Å². The van der Waals surface area contributed by atoms with Gasteiger partial charge in [-0.25, -0.2) is 9.98 Å². The van der Waals surface area contributed by atoms with E-state index in [1.807, 2.05) is 31.3 Å². The van der Waals surface area contributed by atoms with Crippen molar-refractivity contribution in [1.29, 1.82) is 0 Å². The van der Waals surface area contributed by atoms with E-state index >= 15 is 0 Å². The Balaban J connectivity index is 1.74. The highest BCUT2D eigenvalue weighted by atomic mass is 35.5. The summed E-state index contributed by atoms with van der Waals surface area (Å²) in [6.07, 6.45) is 4.14. The number of anilines is 3. The summed E-state index contributed by atoms with van der Waals surface area (Å²) in [5, 5.41) is 7.82.